The van der Waals surface area contributed by atoms with Crippen LogP contribution in [0.2, 0.25) is 0 Å². The molecule has 0 radical (unpaired) electrons. The zero-order valence-corrected chi connectivity index (χ0v) is 12.1. The van der Waals surface area contributed by atoms with Gasteiger partial charge in [-0.25, -0.2) is 0 Å². The van der Waals surface area contributed by atoms with E-state index in [9.17, 15) is 5.11 Å². The number of pyridine rings is 1. The van der Waals surface area contributed by atoms with E-state index in [1.165, 1.54) is 10.9 Å². The van der Waals surface area contributed by atoms with E-state index in [-0.39, 0.29) is 0 Å². The summed E-state index contributed by atoms with van der Waals surface area (Å²) in [7, 11) is 0. The summed E-state index contributed by atoms with van der Waals surface area (Å²) in [6, 6.07) is 10.1. The van der Waals surface area contributed by atoms with E-state index < -0.39 is 6.10 Å². The van der Waals surface area contributed by atoms with Crippen molar-refractivity contribution in [3.63, 3.8) is 0 Å². The van der Waals surface area contributed by atoms with E-state index in [0.717, 1.165) is 30.5 Å². The van der Waals surface area contributed by atoms with Crippen LogP contribution in [0.25, 0.3) is 10.9 Å². The molecule has 0 amide bonds. The molecule has 2 heteroatoms. The van der Waals surface area contributed by atoms with Crippen LogP contribution in [0.5, 0.6) is 0 Å². The van der Waals surface area contributed by atoms with Crippen LogP contribution in [0.15, 0.2) is 30.3 Å². The van der Waals surface area contributed by atoms with Gasteiger partial charge in [-0.1, -0.05) is 44.9 Å². The number of hydrogen-bond acceptors (Lipinski definition) is 2. The van der Waals surface area contributed by atoms with Crippen LogP contribution in [0.4, 0.5) is 0 Å². The van der Waals surface area contributed by atoms with Crippen molar-refractivity contribution in [1.82, 2.24) is 4.98 Å². The zero-order valence-electron chi connectivity index (χ0n) is 12.1. The Morgan fingerprint density at radius 3 is 2.63 bits per heavy atom. The van der Waals surface area contributed by atoms with Gasteiger partial charge in [-0.3, -0.25) is 4.98 Å². The van der Waals surface area contributed by atoms with Crippen molar-refractivity contribution in [2.45, 2.75) is 46.1 Å². The molecule has 1 unspecified atom stereocenters. The second-order valence-electron chi connectivity index (χ2n) is 5.72. The minimum atomic E-state index is -0.443. The maximum atomic E-state index is 10.3. The van der Waals surface area contributed by atoms with Crippen molar-refractivity contribution >= 4 is 10.9 Å². The molecular weight excluding hydrogens is 234 g/mol. The largest absolute Gasteiger partial charge is 0.387 e. The molecule has 0 bridgehead atoms. The first-order valence-corrected chi connectivity index (χ1v) is 7.12. The molecule has 19 heavy (non-hydrogen) atoms. The number of aromatic nitrogens is 1. The van der Waals surface area contributed by atoms with Crippen LogP contribution in [0.1, 0.15) is 50.5 Å². The van der Waals surface area contributed by atoms with Crippen LogP contribution in [-0.2, 0) is 0 Å². The predicted octanol–water partition coefficient (Wildman–Crippen LogP) is 4.40. The lowest BCUT2D eigenvalue weighted by molar-refractivity contribution is 0.157. The van der Waals surface area contributed by atoms with Gasteiger partial charge >= 0.3 is 0 Å². The molecule has 0 saturated heterocycles. The van der Waals surface area contributed by atoms with Gasteiger partial charge in [0.1, 0.15) is 0 Å². The predicted molar refractivity (Wildman–Crippen MR) is 80.1 cm³/mol. The fourth-order valence-electron chi connectivity index (χ4n) is 2.41. The molecule has 0 aliphatic carbocycles. The van der Waals surface area contributed by atoms with Crippen molar-refractivity contribution in [2.24, 2.45) is 5.92 Å². The van der Waals surface area contributed by atoms with Crippen molar-refractivity contribution in [1.29, 1.82) is 0 Å². The Kier molecular flexibility index (Phi) is 4.54. The summed E-state index contributed by atoms with van der Waals surface area (Å²) < 4.78 is 0. The number of nitrogens with zero attached hydrogens (tertiary/aromatic N) is 1. The van der Waals surface area contributed by atoms with E-state index in [0.29, 0.717) is 5.92 Å². The highest BCUT2D eigenvalue weighted by Crippen LogP contribution is 2.24. The number of fused-ring (bicyclic) bond motifs is 1. The molecule has 0 saturated carbocycles. The third-order valence-electron chi connectivity index (χ3n) is 3.54. The molecule has 2 aromatic rings. The molecule has 1 heterocycles. The van der Waals surface area contributed by atoms with Gasteiger partial charge in [-0.2, -0.15) is 0 Å². The number of aliphatic hydroxyl groups is 1. The average molecular weight is 257 g/mol. The van der Waals surface area contributed by atoms with E-state index in [2.05, 4.69) is 31.8 Å². The molecule has 0 aliphatic rings. The topological polar surface area (TPSA) is 33.1 Å². The fraction of sp³-hybridized carbons (Fsp3) is 0.471. The summed E-state index contributed by atoms with van der Waals surface area (Å²) in [6.45, 7) is 6.50. The van der Waals surface area contributed by atoms with E-state index in [1.807, 2.05) is 24.3 Å². The number of aliphatic hydroxyl groups excluding tert-OH is 1. The number of benzene rings is 1. The molecule has 102 valence electrons. The van der Waals surface area contributed by atoms with Crippen LogP contribution in [0, 0.1) is 12.8 Å². The Hall–Kier alpha value is -1.41. The van der Waals surface area contributed by atoms with E-state index in [1.54, 1.807) is 0 Å². The second kappa shape index (κ2) is 6.16. The van der Waals surface area contributed by atoms with E-state index in [4.69, 9.17) is 0 Å². The molecule has 0 fully saturated rings. The second-order valence-corrected chi connectivity index (χ2v) is 5.72. The lowest BCUT2D eigenvalue weighted by atomic mass is 10.0. The maximum absolute atomic E-state index is 10.3. The van der Waals surface area contributed by atoms with Crippen molar-refractivity contribution in [3.05, 3.63) is 41.6 Å². The fourth-order valence-corrected chi connectivity index (χ4v) is 2.41. The van der Waals surface area contributed by atoms with Gasteiger partial charge in [0.05, 0.1) is 17.3 Å². The van der Waals surface area contributed by atoms with Gasteiger partial charge in [0.2, 0.25) is 0 Å². The molecule has 2 rings (SSSR count). The Morgan fingerprint density at radius 2 is 1.89 bits per heavy atom. The number of hydrogen-bond donors (Lipinski definition) is 1. The molecule has 1 aromatic heterocycles. The third-order valence-corrected chi connectivity index (χ3v) is 3.54. The normalized spacial score (nSPS) is 13.1. The summed E-state index contributed by atoms with van der Waals surface area (Å²) in [4.78, 5) is 4.58. The lowest BCUT2D eigenvalue weighted by Crippen LogP contribution is -2.02. The first-order valence-electron chi connectivity index (χ1n) is 7.12. The van der Waals surface area contributed by atoms with Gasteiger partial charge in [0.25, 0.3) is 0 Å². The molecule has 2 nitrogen and oxygen atoms in total. The average Bonchev–Trinajstić information content (AvgIpc) is 2.38. The first kappa shape index (κ1) is 14.0. The molecule has 1 aromatic carbocycles. The summed E-state index contributed by atoms with van der Waals surface area (Å²) in [5.74, 6) is 0.693. The Bertz CT molecular complexity index is 548. The van der Waals surface area contributed by atoms with Crippen molar-refractivity contribution in [2.75, 3.05) is 0 Å². The molecule has 0 aliphatic heterocycles. The summed E-state index contributed by atoms with van der Waals surface area (Å²) in [5.41, 5.74) is 2.96. The van der Waals surface area contributed by atoms with Crippen molar-refractivity contribution in [3.8, 4) is 0 Å². The Labute approximate surface area is 115 Å². The summed E-state index contributed by atoms with van der Waals surface area (Å²) >= 11 is 0. The van der Waals surface area contributed by atoms with Gasteiger partial charge in [0.15, 0.2) is 0 Å². The highest BCUT2D eigenvalue weighted by Gasteiger charge is 2.11. The van der Waals surface area contributed by atoms with E-state index >= 15 is 0 Å². The summed E-state index contributed by atoms with van der Waals surface area (Å²) in [5, 5.41) is 11.4. The maximum Gasteiger partial charge on any atom is 0.0960 e. The Balaban J connectivity index is 2.16. The van der Waals surface area contributed by atoms with Crippen LogP contribution in [-0.4, -0.2) is 10.1 Å². The third kappa shape index (κ3) is 3.54. The molecule has 1 atom stereocenters. The molecular formula is C17H23NO. The number of aryl methyl sites for hydroxylation is 1. The SMILES string of the molecule is Cc1cc(C(O)CCCC(C)C)nc2ccccc12. The smallest absolute Gasteiger partial charge is 0.0960 e. The van der Waals surface area contributed by atoms with Gasteiger partial charge in [-0.15, -0.1) is 0 Å². The van der Waals surface area contributed by atoms with Gasteiger partial charge in [-0.05, 0) is 37.0 Å². The number of rotatable bonds is 5. The lowest BCUT2D eigenvalue weighted by Gasteiger charge is -2.13. The Morgan fingerprint density at radius 1 is 1.16 bits per heavy atom. The molecule has 1 N–H and O–H groups in total. The standard InChI is InChI=1S/C17H23NO/c1-12(2)7-6-10-17(19)16-11-13(3)14-8-4-5-9-15(14)18-16/h4-5,8-9,11-12,17,19H,6-7,10H2,1-3H3. The van der Waals surface area contributed by atoms with Crippen molar-refractivity contribution < 1.29 is 5.11 Å². The van der Waals surface area contributed by atoms with Crippen LogP contribution >= 0.6 is 0 Å². The first-order chi connectivity index (χ1) is 9.08. The minimum Gasteiger partial charge on any atom is -0.387 e. The summed E-state index contributed by atoms with van der Waals surface area (Å²) in [6.07, 6.45) is 2.56. The zero-order chi connectivity index (χ0) is 13.8. The minimum absolute atomic E-state index is 0.443. The van der Waals surface area contributed by atoms with Gasteiger partial charge in [0, 0.05) is 5.39 Å². The van der Waals surface area contributed by atoms with Gasteiger partial charge < -0.3 is 5.11 Å². The monoisotopic (exact) mass is 257 g/mol. The number of para-hydroxylation sites is 1. The van der Waals surface area contributed by atoms with Crippen LogP contribution in [0.3, 0.4) is 0 Å². The molecule has 0 spiro atoms. The van der Waals surface area contributed by atoms with Crippen LogP contribution < -0.4 is 0 Å². The quantitative estimate of drug-likeness (QED) is 0.861. The highest BCUT2D eigenvalue weighted by atomic mass is 16.3. The highest BCUT2D eigenvalue weighted by molar-refractivity contribution is 5.82.